The molecule has 0 aromatic heterocycles. The Bertz CT molecular complexity index is 381. The fourth-order valence-electron chi connectivity index (χ4n) is 3.65. The lowest BCUT2D eigenvalue weighted by Crippen LogP contribution is -2.44. The predicted octanol–water partition coefficient (Wildman–Crippen LogP) is 3.02. The Labute approximate surface area is 128 Å². The van der Waals surface area contributed by atoms with Crippen LogP contribution in [-0.4, -0.2) is 17.4 Å². The van der Waals surface area contributed by atoms with Crippen molar-refractivity contribution in [2.45, 2.75) is 58.8 Å². The molecule has 2 aliphatic carbocycles. The van der Waals surface area contributed by atoms with E-state index >= 15 is 0 Å². The summed E-state index contributed by atoms with van der Waals surface area (Å²) in [5.41, 5.74) is 5.40. The average Bonchev–Trinajstić information content (AvgIpc) is 2.44. The number of carbonyl (C=O) groups is 1. The van der Waals surface area contributed by atoms with Crippen molar-refractivity contribution in [2.75, 3.05) is 6.54 Å². The fraction of sp³-hybridized carbons (Fsp3) is 0.875. The minimum absolute atomic E-state index is 0.205. The highest BCUT2D eigenvalue weighted by Gasteiger charge is 2.35. The molecule has 0 heterocycles. The molecule has 114 valence electrons. The SMILES string of the molecule is CC(C)(CNC(=O)C1CCC2CCCCC2C1)C(N)=S. The monoisotopic (exact) mass is 296 g/mol. The van der Waals surface area contributed by atoms with Crippen LogP contribution in [-0.2, 0) is 4.79 Å². The first-order valence-electron chi connectivity index (χ1n) is 7.98. The zero-order chi connectivity index (χ0) is 14.8. The number of rotatable bonds is 4. The van der Waals surface area contributed by atoms with Gasteiger partial charge in [0.1, 0.15) is 0 Å². The van der Waals surface area contributed by atoms with Gasteiger partial charge in [-0.15, -0.1) is 0 Å². The molecule has 20 heavy (non-hydrogen) atoms. The third kappa shape index (κ3) is 3.72. The van der Waals surface area contributed by atoms with Gasteiger partial charge in [-0.3, -0.25) is 4.79 Å². The van der Waals surface area contributed by atoms with Gasteiger partial charge in [-0.25, -0.2) is 0 Å². The van der Waals surface area contributed by atoms with Gasteiger partial charge in [0, 0.05) is 17.9 Å². The summed E-state index contributed by atoms with van der Waals surface area (Å²) >= 11 is 5.04. The highest BCUT2D eigenvalue weighted by molar-refractivity contribution is 7.80. The van der Waals surface area contributed by atoms with E-state index in [0.717, 1.165) is 24.7 Å². The van der Waals surface area contributed by atoms with Crippen molar-refractivity contribution >= 4 is 23.1 Å². The van der Waals surface area contributed by atoms with Crippen LogP contribution in [0.3, 0.4) is 0 Å². The zero-order valence-corrected chi connectivity index (χ0v) is 13.6. The summed E-state index contributed by atoms with van der Waals surface area (Å²) in [6, 6.07) is 0. The lowest BCUT2D eigenvalue weighted by molar-refractivity contribution is -0.127. The van der Waals surface area contributed by atoms with Crippen molar-refractivity contribution in [3.05, 3.63) is 0 Å². The summed E-state index contributed by atoms with van der Waals surface area (Å²) in [6.07, 6.45) is 8.83. The maximum Gasteiger partial charge on any atom is 0.223 e. The smallest absolute Gasteiger partial charge is 0.223 e. The number of hydrogen-bond acceptors (Lipinski definition) is 2. The Kier molecular flexibility index (Phi) is 5.05. The first-order valence-corrected chi connectivity index (χ1v) is 8.38. The third-order valence-corrected chi connectivity index (χ3v) is 5.83. The number of nitrogens with one attached hydrogen (secondary N) is 1. The number of thiocarbonyl (C=S) groups is 1. The molecule has 0 aromatic carbocycles. The van der Waals surface area contributed by atoms with E-state index < -0.39 is 0 Å². The second-order valence-corrected chi connectivity index (χ2v) is 7.72. The summed E-state index contributed by atoms with van der Waals surface area (Å²) < 4.78 is 0. The van der Waals surface area contributed by atoms with Gasteiger partial charge in [-0.05, 0) is 31.1 Å². The van der Waals surface area contributed by atoms with Crippen LogP contribution in [0.2, 0.25) is 0 Å². The van der Waals surface area contributed by atoms with Gasteiger partial charge in [0.15, 0.2) is 0 Å². The summed E-state index contributed by atoms with van der Waals surface area (Å²) in [6.45, 7) is 4.51. The Hall–Kier alpha value is -0.640. The third-order valence-electron chi connectivity index (χ3n) is 5.28. The first kappa shape index (κ1) is 15.7. The Morgan fingerprint density at radius 2 is 1.85 bits per heavy atom. The van der Waals surface area contributed by atoms with Crippen LogP contribution in [0.25, 0.3) is 0 Å². The molecule has 3 N–H and O–H groups in total. The van der Waals surface area contributed by atoms with Crippen LogP contribution in [0, 0.1) is 23.2 Å². The molecule has 3 atom stereocenters. The Morgan fingerprint density at radius 1 is 1.20 bits per heavy atom. The van der Waals surface area contributed by atoms with Gasteiger partial charge in [0.25, 0.3) is 0 Å². The topological polar surface area (TPSA) is 55.1 Å². The molecule has 2 aliphatic rings. The van der Waals surface area contributed by atoms with Crippen LogP contribution in [0.5, 0.6) is 0 Å². The van der Waals surface area contributed by atoms with Crippen molar-refractivity contribution < 1.29 is 4.79 Å². The molecular weight excluding hydrogens is 268 g/mol. The van der Waals surface area contributed by atoms with Crippen molar-refractivity contribution in [1.29, 1.82) is 0 Å². The van der Waals surface area contributed by atoms with Gasteiger partial charge in [0.05, 0.1) is 4.99 Å². The molecule has 4 heteroatoms. The summed E-state index contributed by atoms with van der Waals surface area (Å²) in [5.74, 6) is 2.09. The van der Waals surface area contributed by atoms with Crippen molar-refractivity contribution in [2.24, 2.45) is 28.9 Å². The highest BCUT2D eigenvalue weighted by Crippen LogP contribution is 2.42. The molecule has 2 fully saturated rings. The number of amides is 1. The van der Waals surface area contributed by atoms with Crippen molar-refractivity contribution in [3.63, 3.8) is 0 Å². The van der Waals surface area contributed by atoms with E-state index in [9.17, 15) is 4.79 Å². The second-order valence-electron chi connectivity index (χ2n) is 7.28. The average molecular weight is 296 g/mol. The molecule has 0 saturated heterocycles. The van der Waals surface area contributed by atoms with E-state index in [2.05, 4.69) is 5.32 Å². The van der Waals surface area contributed by atoms with Gasteiger partial charge >= 0.3 is 0 Å². The molecule has 3 nitrogen and oxygen atoms in total. The van der Waals surface area contributed by atoms with Gasteiger partial charge in [0.2, 0.25) is 5.91 Å². The van der Waals surface area contributed by atoms with Crippen LogP contribution < -0.4 is 11.1 Å². The van der Waals surface area contributed by atoms with Crippen LogP contribution in [0.15, 0.2) is 0 Å². The van der Waals surface area contributed by atoms with Gasteiger partial charge in [-0.2, -0.15) is 0 Å². The number of carbonyl (C=O) groups excluding carboxylic acids is 1. The van der Waals surface area contributed by atoms with Crippen LogP contribution >= 0.6 is 12.2 Å². The quantitative estimate of drug-likeness (QED) is 0.784. The maximum atomic E-state index is 12.3. The van der Waals surface area contributed by atoms with E-state index in [4.69, 9.17) is 18.0 Å². The van der Waals surface area contributed by atoms with Crippen molar-refractivity contribution in [1.82, 2.24) is 5.32 Å². The van der Waals surface area contributed by atoms with E-state index in [0.29, 0.717) is 11.5 Å². The molecule has 1 amide bonds. The minimum atomic E-state index is -0.299. The molecule has 0 bridgehead atoms. The summed E-state index contributed by atoms with van der Waals surface area (Å²) in [4.78, 5) is 12.8. The largest absolute Gasteiger partial charge is 0.393 e. The van der Waals surface area contributed by atoms with Crippen molar-refractivity contribution in [3.8, 4) is 0 Å². The van der Waals surface area contributed by atoms with E-state index in [-0.39, 0.29) is 17.2 Å². The Balaban J connectivity index is 1.83. The fourth-order valence-corrected chi connectivity index (χ4v) is 3.72. The summed E-state index contributed by atoms with van der Waals surface area (Å²) in [5, 5.41) is 3.06. The lowest BCUT2D eigenvalue weighted by Gasteiger charge is -2.39. The van der Waals surface area contributed by atoms with Gasteiger partial charge in [-0.1, -0.05) is 51.7 Å². The molecular formula is C16H28N2OS. The molecule has 0 spiro atoms. The standard InChI is InChI=1S/C16H28N2OS/c1-16(2,15(17)20)10-18-14(19)13-8-7-11-5-3-4-6-12(11)9-13/h11-13H,3-10H2,1-2H3,(H2,17,20)(H,18,19). The lowest BCUT2D eigenvalue weighted by atomic mass is 9.67. The number of nitrogens with two attached hydrogens (primary N) is 1. The highest BCUT2D eigenvalue weighted by atomic mass is 32.1. The Morgan fingerprint density at radius 3 is 2.50 bits per heavy atom. The summed E-state index contributed by atoms with van der Waals surface area (Å²) in [7, 11) is 0. The van der Waals surface area contributed by atoms with E-state index in [1.807, 2.05) is 13.8 Å². The van der Waals surface area contributed by atoms with E-state index in [1.54, 1.807) is 0 Å². The number of hydrogen-bond donors (Lipinski definition) is 2. The maximum absolute atomic E-state index is 12.3. The molecule has 2 saturated carbocycles. The van der Waals surface area contributed by atoms with Crippen LogP contribution in [0.4, 0.5) is 0 Å². The molecule has 3 unspecified atom stereocenters. The molecule has 0 aliphatic heterocycles. The molecule has 0 radical (unpaired) electrons. The first-order chi connectivity index (χ1) is 9.40. The van der Waals surface area contributed by atoms with Crippen LogP contribution in [0.1, 0.15) is 58.8 Å². The number of fused-ring (bicyclic) bond motifs is 1. The second kappa shape index (κ2) is 6.42. The normalized spacial score (nSPS) is 30.4. The zero-order valence-electron chi connectivity index (χ0n) is 12.8. The molecule has 0 aromatic rings. The van der Waals surface area contributed by atoms with Gasteiger partial charge < -0.3 is 11.1 Å². The predicted molar refractivity (Wildman–Crippen MR) is 86.4 cm³/mol. The van der Waals surface area contributed by atoms with E-state index in [1.165, 1.54) is 32.1 Å². The minimum Gasteiger partial charge on any atom is -0.393 e. The molecule has 2 rings (SSSR count).